The molecule has 1 fully saturated rings. The van der Waals surface area contributed by atoms with Crippen molar-refractivity contribution >= 4 is 0 Å². The fourth-order valence-corrected chi connectivity index (χ4v) is 2.88. The van der Waals surface area contributed by atoms with Gasteiger partial charge in [-0.15, -0.1) is 0 Å². The quantitative estimate of drug-likeness (QED) is 0.726. The predicted molar refractivity (Wildman–Crippen MR) is 82.5 cm³/mol. The van der Waals surface area contributed by atoms with Gasteiger partial charge >= 0.3 is 0 Å². The maximum Gasteiger partial charge on any atom is 0.0783 e. The number of allylic oxidation sites excluding steroid dienone is 1. The highest BCUT2D eigenvalue weighted by molar-refractivity contribution is 5.16. The fourth-order valence-electron chi connectivity index (χ4n) is 2.88. The highest BCUT2D eigenvalue weighted by Gasteiger charge is 2.17. The van der Waals surface area contributed by atoms with Crippen LogP contribution >= 0.6 is 0 Å². The smallest absolute Gasteiger partial charge is 0.0783 e. The van der Waals surface area contributed by atoms with Crippen molar-refractivity contribution in [1.29, 1.82) is 5.53 Å². The molecular weight excluding hydrogens is 246 g/mol. The lowest BCUT2D eigenvalue weighted by atomic mass is 9.87. The van der Waals surface area contributed by atoms with Gasteiger partial charge in [0.05, 0.1) is 5.70 Å². The molecule has 0 saturated heterocycles. The van der Waals surface area contributed by atoms with Gasteiger partial charge in [0, 0.05) is 12.2 Å². The molecule has 1 saturated carbocycles. The van der Waals surface area contributed by atoms with Gasteiger partial charge in [-0.1, -0.05) is 50.1 Å². The summed E-state index contributed by atoms with van der Waals surface area (Å²) < 4.78 is 0. The Kier molecular flexibility index (Phi) is 5.78. The van der Waals surface area contributed by atoms with Gasteiger partial charge in [-0.05, 0) is 37.2 Å². The van der Waals surface area contributed by atoms with Crippen LogP contribution in [0.5, 0.6) is 0 Å². The van der Waals surface area contributed by atoms with Gasteiger partial charge < -0.3 is 5.32 Å². The van der Waals surface area contributed by atoms with Crippen molar-refractivity contribution < 1.29 is 0 Å². The Bertz CT molecular complexity index is 439. The van der Waals surface area contributed by atoms with Crippen LogP contribution in [0.4, 0.5) is 0 Å². The highest BCUT2D eigenvalue weighted by Crippen LogP contribution is 2.23. The summed E-state index contributed by atoms with van der Waals surface area (Å²) in [5.41, 5.74) is 9.44. The van der Waals surface area contributed by atoms with Crippen LogP contribution in [0.15, 0.2) is 47.3 Å². The van der Waals surface area contributed by atoms with Crippen LogP contribution in [-0.2, 0) is 6.42 Å². The molecule has 2 atom stereocenters. The third-order valence-corrected chi connectivity index (χ3v) is 4.08. The summed E-state index contributed by atoms with van der Waals surface area (Å²) in [5.74, 6) is 0.815. The molecule has 3 nitrogen and oxygen atoms in total. The van der Waals surface area contributed by atoms with E-state index in [9.17, 15) is 0 Å². The number of rotatable bonds is 6. The van der Waals surface area contributed by atoms with Crippen molar-refractivity contribution in [2.45, 2.75) is 51.5 Å². The molecule has 0 aliphatic heterocycles. The highest BCUT2D eigenvalue weighted by atomic mass is 15.0. The molecule has 0 bridgehead atoms. The minimum absolute atomic E-state index is 0.562. The van der Waals surface area contributed by atoms with Crippen molar-refractivity contribution in [2.75, 3.05) is 0 Å². The van der Waals surface area contributed by atoms with E-state index in [1.807, 2.05) is 12.3 Å². The second-order valence-electron chi connectivity index (χ2n) is 5.87. The lowest BCUT2D eigenvalue weighted by Crippen LogP contribution is -2.30. The minimum Gasteiger partial charge on any atom is -0.387 e. The molecule has 1 aliphatic rings. The van der Waals surface area contributed by atoms with E-state index >= 15 is 0 Å². The second kappa shape index (κ2) is 7.83. The molecule has 108 valence electrons. The Balaban J connectivity index is 1.81. The Labute approximate surface area is 122 Å². The first-order chi connectivity index (χ1) is 9.78. The molecule has 20 heavy (non-hydrogen) atoms. The first-order valence-corrected chi connectivity index (χ1v) is 7.64. The van der Waals surface area contributed by atoms with Gasteiger partial charge in [-0.25, -0.2) is 5.53 Å². The number of nitrogens with zero attached hydrogens (tertiary/aromatic N) is 1. The van der Waals surface area contributed by atoms with Crippen molar-refractivity contribution in [2.24, 2.45) is 11.0 Å². The maximum absolute atomic E-state index is 7.30. The molecule has 1 aromatic carbocycles. The number of hydrogen-bond acceptors (Lipinski definition) is 3. The summed E-state index contributed by atoms with van der Waals surface area (Å²) in [6, 6.07) is 10.9. The van der Waals surface area contributed by atoms with Gasteiger partial charge in [0.25, 0.3) is 0 Å². The van der Waals surface area contributed by atoms with E-state index in [1.54, 1.807) is 0 Å². The van der Waals surface area contributed by atoms with Crippen molar-refractivity contribution in [3.05, 3.63) is 47.8 Å². The molecule has 2 N–H and O–H groups in total. The minimum atomic E-state index is 0.562. The number of benzene rings is 1. The first-order valence-electron chi connectivity index (χ1n) is 7.64. The Morgan fingerprint density at radius 3 is 2.85 bits per heavy atom. The maximum atomic E-state index is 7.30. The zero-order chi connectivity index (χ0) is 14.2. The van der Waals surface area contributed by atoms with E-state index in [1.165, 1.54) is 31.2 Å². The molecule has 0 radical (unpaired) electrons. The summed E-state index contributed by atoms with van der Waals surface area (Å²) in [5, 5.41) is 7.12. The van der Waals surface area contributed by atoms with Crippen LogP contribution in [0.3, 0.4) is 0 Å². The van der Waals surface area contributed by atoms with Crippen LogP contribution in [0.25, 0.3) is 0 Å². The zero-order valence-electron chi connectivity index (χ0n) is 12.3. The average molecular weight is 271 g/mol. The summed E-state index contributed by atoms with van der Waals surface area (Å²) in [6.45, 7) is 2.32. The second-order valence-corrected chi connectivity index (χ2v) is 5.87. The number of nitrogens with one attached hydrogen (secondary N) is 2. The van der Waals surface area contributed by atoms with Crippen LogP contribution < -0.4 is 5.32 Å². The van der Waals surface area contributed by atoms with Crippen molar-refractivity contribution in [1.82, 2.24) is 5.32 Å². The molecule has 0 amide bonds. The fraction of sp³-hybridized carbons (Fsp3) is 0.529. The Morgan fingerprint density at radius 2 is 2.15 bits per heavy atom. The van der Waals surface area contributed by atoms with E-state index in [0.29, 0.717) is 6.04 Å². The van der Waals surface area contributed by atoms with E-state index in [2.05, 4.69) is 41.6 Å². The van der Waals surface area contributed by atoms with E-state index < -0.39 is 0 Å². The Morgan fingerprint density at radius 1 is 1.35 bits per heavy atom. The molecule has 3 heteroatoms. The van der Waals surface area contributed by atoms with Gasteiger partial charge in [0.2, 0.25) is 0 Å². The van der Waals surface area contributed by atoms with Crippen molar-refractivity contribution in [3.8, 4) is 0 Å². The van der Waals surface area contributed by atoms with Crippen LogP contribution in [-0.4, -0.2) is 6.04 Å². The summed E-state index contributed by atoms with van der Waals surface area (Å²) in [6.07, 6.45) is 8.86. The monoisotopic (exact) mass is 271 g/mol. The summed E-state index contributed by atoms with van der Waals surface area (Å²) >= 11 is 0. The zero-order valence-corrected chi connectivity index (χ0v) is 12.3. The molecule has 1 aliphatic carbocycles. The van der Waals surface area contributed by atoms with Gasteiger partial charge in [-0.2, -0.15) is 5.11 Å². The lowest BCUT2D eigenvalue weighted by Gasteiger charge is -2.27. The van der Waals surface area contributed by atoms with Gasteiger partial charge in [0.15, 0.2) is 0 Å². The largest absolute Gasteiger partial charge is 0.387 e. The normalized spacial score (nSPS) is 23.4. The lowest BCUT2D eigenvalue weighted by molar-refractivity contribution is 0.319. The molecule has 2 rings (SSSR count). The predicted octanol–water partition coefficient (Wildman–Crippen LogP) is 4.66. The van der Waals surface area contributed by atoms with Crippen LogP contribution in [0, 0.1) is 11.4 Å². The van der Waals surface area contributed by atoms with E-state index in [4.69, 9.17) is 5.53 Å². The SMILES string of the molecule is CC1CCCC(N/C=C(/CCc2ccccc2)N=N)C1. The average Bonchev–Trinajstić information content (AvgIpc) is 2.48. The third-order valence-electron chi connectivity index (χ3n) is 4.08. The molecule has 0 aromatic heterocycles. The molecule has 0 heterocycles. The third kappa shape index (κ3) is 4.80. The Hall–Kier alpha value is -1.64. The molecule has 1 aromatic rings. The molecule has 2 unspecified atom stereocenters. The first kappa shape index (κ1) is 14.8. The van der Waals surface area contributed by atoms with E-state index in [-0.39, 0.29) is 0 Å². The topological polar surface area (TPSA) is 48.2 Å². The summed E-state index contributed by atoms with van der Waals surface area (Å²) in [4.78, 5) is 0. The van der Waals surface area contributed by atoms with Crippen LogP contribution in [0.2, 0.25) is 0 Å². The van der Waals surface area contributed by atoms with Gasteiger partial charge in [-0.3, -0.25) is 0 Å². The number of aryl methyl sites for hydroxylation is 1. The van der Waals surface area contributed by atoms with Crippen molar-refractivity contribution in [3.63, 3.8) is 0 Å². The summed E-state index contributed by atoms with van der Waals surface area (Å²) in [7, 11) is 0. The molecular formula is C17H25N3. The molecule has 0 spiro atoms. The van der Waals surface area contributed by atoms with Crippen LogP contribution in [0.1, 0.15) is 44.6 Å². The van der Waals surface area contributed by atoms with Gasteiger partial charge in [0.1, 0.15) is 0 Å². The standard InChI is InChI=1S/C17H25N3/c1-14-6-5-9-16(12-14)19-13-17(20-18)11-10-15-7-3-2-4-8-15/h2-4,7-8,13-14,16,18-19H,5-6,9-12H2,1H3/b17-13-,20-18?. The number of hydrogen-bond donors (Lipinski definition) is 2. The van der Waals surface area contributed by atoms with E-state index in [0.717, 1.165) is 24.5 Å².